The maximum Gasteiger partial charge on any atom is 0.354 e. The van der Waals surface area contributed by atoms with Crippen molar-refractivity contribution in [2.75, 3.05) is 36.0 Å². The number of benzene rings is 1. The van der Waals surface area contributed by atoms with Gasteiger partial charge in [0.15, 0.2) is 11.9 Å². The van der Waals surface area contributed by atoms with Crippen molar-refractivity contribution < 1.29 is 14.6 Å². The van der Waals surface area contributed by atoms with E-state index in [1.165, 1.54) is 0 Å². The van der Waals surface area contributed by atoms with Crippen molar-refractivity contribution >= 4 is 39.8 Å². The number of hydrogen-bond acceptors (Lipinski definition) is 7. The summed E-state index contributed by atoms with van der Waals surface area (Å²) < 4.78 is 8.01. The van der Waals surface area contributed by atoms with Crippen LogP contribution in [0.25, 0.3) is 10.9 Å². The molecule has 10 heteroatoms. The number of rotatable bonds is 5. The van der Waals surface area contributed by atoms with Gasteiger partial charge >= 0.3 is 5.97 Å². The summed E-state index contributed by atoms with van der Waals surface area (Å²) in [5, 5.41) is 25.5. The molecule has 2 aromatic heterocycles. The lowest BCUT2D eigenvalue weighted by atomic mass is 9.93. The second-order valence-electron chi connectivity index (χ2n) is 10.9. The molecule has 1 N–H and O–H groups in total. The maximum atomic E-state index is 12.1. The van der Waals surface area contributed by atoms with E-state index in [0.717, 1.165) is 104 Å². The molecule has 0 radical (unpaired) electrons. The van der Waals surface area contributed by atoms with Crippen molar-refractivity contribution in [2.45, 2.75) is 64.6 Å². The fourth-order valence-corrected chi connectivity index (χ4v) is 6.68. The Balaban J connectivity index is 1.38. The Morgan fingerprint density at radius 3 is 2.87 bits per heavy atom. The Labute approximate surface area is 232 Å². The van der Waals surface area contributed by atoms with Crippen LogP contribution in [-0.4, -0.2) is 52.1 Å². The van der Waals surface area contributed by atoms with Crippen LogP contribution in [-0.2, 0) is 17.7 Å². The van der Waals surface area contributed by atoms with Crippen LogP contribution in [0, 0.1) is 24.2 Å². The van der Waals surface area contributed by atoms with Gasteiger partial charge in [0.05, 0.1) is 40.7 Å². The van der Waals surface area contributed by atoms with E-state index in [2.05, 4.69) is 26.9 Å². The van der Waals surface area contributed by atoms with Gasteiger partial charge in [-0.25, -0.2) is 14.5 Å². The van der Waals surface area contributed by atoms with Crippen molar-refractivity contribution in [3.05, 3.63) is 45.9 Å². The SMILES string of the molecule is Cc1cc2c(cnn2C2CCCCO2)c(N2CCc3c(N4CCC[C@@H](CC#N)C4)cc(C(=O)O)nc3C2)c1Cl. The van der Waals surface area contributed by atoms with Crippen molar-refractivity contribution in [3.63, 3.8) is 0 Å². The van der Waals surface area contributed by atoms with Crippen LogP contribution in [0.2, 0.25) is 5.02 Å². The van der Waals surface area contributed by atoms with Crippen LogP contribution < -0.4 is 9.80 Å². The van der Waals surface area contributed by atoms with Crippen LogP contribution in [0.15, 0.2) is 18.3 Å². The Morgan fingerprint density at radius 2 is 2.10 bits per heavy atom. The molecule has 0 spiro atoms. The van der Waals surface area contributed by atoms with Gasteiger partial charge in [0.2, 0.25) is 0 Å². The molecular weight excluding hydrogens is 516 g/mol. The third-order valence-electron chi connectivity index (χ3n) is 8.36. The van der Waals surface area contributed by atoms with Crippen molar-refractivity contribution in [1.29, 1.82) is 5.26 Å². The zero-order valence-electron chi connectivity index (χ0n) is 22.2. The van der Waals surface area contributed by atoms with Crippen LogP contribution in [0.1, 0.15) is 72.1 Å². The number of aryl methyl sites for hydroxylation is 1. The number of piperidine rings is 1. The number of anilines is 2. The lowest BCUT2D eigenvalue weighted by Crippen LogP contribution is -2.38. The number of carboxylic acid groups (broad SMARTS) is 1. The maximum absolute atomic E-state index is 12.1. The first-order valence-electron chi connectivity index (χ1n) is 13.9. The molecule has 204 valence electrons. The molecule has 1 aromatic carbocycles. The summed E-state index contributed by atoms with van der Waals surface area (Å²) in [5.74, 6) is -0.739. The zero-order chi connectivity index (χ0) is 27.1. The minimum Gasteiger partial charge on any atom is -0.477 e. The molecule has 3 aromatic rings. The highest BCUT2D eigenvalue weighted by Crippen LogP contribution is 2.41. The number of carbonyl (C=O) groups is 1. The molecule has 3 aliphatic heterocycles. The number of nitriles is 1. The molecular formula is C29H33ClN6O3. The lowest BCUT2D eigenvalue weighted by Gasteiger charge is -2.38. The smallest absolute Gasteiger partial charge is 0.354 e. The Morgan fingerprint density at radius 1 is 1.23 bits per heavy atom. The third kappa shape index (κ3) is 4.81. The summed E-state index contributed by atoms with van der Waals surface area (Å²) in [6.45, 7) is 5.56. The number of carboxylic acids is 1. The van der Waals surface area contributed by atoms with Crippen LogP contribution in [0.5, 0.6) is 0 Å². The molecule has 6 rings (SSSR count). The molecule has 5 heterocycles. The van der Waals surface area contributed by atoms with Gasteiger partial charge in [-0.2, -0.15) is 10.4 Å². The molecule has 1 unspecified atom stereocenters. The quantitative estimate of drug-likeness (QED) is 0.446. The third-order valence-corrected chi connectivity index (χ3v) is 8.84. The fourth-order valence-electron chi connectivity index (χ4n) is 6.41. The summed E-state index contributed by atoms with van der Waals surface area (Å²) in [5.41, 5.74) is 5.74. The second kappa shape index (κ2) is 10.7. The average Bonchev–Trinajstić information content (AvgIpc) is 3.36. The van der Waals surface area contributed by atoms with Crippen molar-refractivity contribution in [3.8, 4) is 6.07 Å². The number of fused-ring (bicyclic) bond motifs is 2. The second-order valence-corrected chi connectivity index (χ2v) is 11.3. The minimum absolute atomic E-state index is 0.0516. The summed E-state index contributed by atoms with van der Waals surface area (Å²) in [7, 11) is 0. The first-order chi connectivity index (χ1) is 18.9. The zero-order valence-corrected chi connectivity index (χ0v) is 23.0. The van der Waals surface area contributed by atoms with E-state index in [0.29, 0.717) is 23.9 Å². The number of halogens is 1. The number of pyridine rings is 1. The largest absolute Gasteiger partial charge is 0.477 e. The molecule has 0 bridgehead atoms. The van der Waals surface area contributed by atoms with Crippen LogP contribution in [0.4, 0.5) is 11.4 Å². The molecule has 0 aliphatic carbocycles. The topological polar surface area (TPSA) is 108 Å². The Hall–Kier alpha value is -3.35. The molecule has 2 atom stereocenters. The van der Waals surface area contributed by atoms with Gasteiger partial charge in [0.25, 0.3) is 0 Å². The van der Waals surface area contributed by atoms with E-state index < -0.39 is 5.97 Å². The highest BCUT2D eigenvalue weighted by Gasteiger charge is 2.30. The Kier molecular flexibility index (Phi) is 7.08. The molecule has 0 amide bonds. The van der Waals surface area contributed by atoms with Gasteiger partial charge in [-0.05, 0) is 69.1 Å². The number of aromatic carboxylic acids is 1. The molecule has 9 nitrogen and oxygen atoms in total. The van der Waals surface area contributed by atoms with E-state index >= 15 is 0 Å². The number of nitrogens with zero attached hydrogens (tertiary/aromatic N) is 6. The van der Waals surface area contributed by atoms with Gasteiger partial charge in [-0.1, -0.05) is 11.6 Å². The van der Waals surface area contributed by atoms with Crippen molar-refractivity contribution in [1.82, 2.24) is 14.8 Å². The van der Waals surface area contributed by atoms with E-state index in [1.807, 2.05) is 17.8 Å². The first kappa shape index (κ1) is 25.9. The normalized spacial score (nSPS) is 21.6. The summed E-state index contributed by atoms with van der Waals surface area (Å²) in [6, 6.07) is 6.11. The molecule has 0 saturated carbocycles. The molecule has 2 fully saturated rings. The summed E-state index contributed by atoms with van der Waals surface area (Å²) in [6.07, 6.45) is 8.17. The monoisotopic (exact) mass is 548 g/mol. The highest BCUT2D eigenvalue weighted by molar-refractivity contribution is 6.35. The fraction of sp³-hybridized carbons (Fsp3) is 0.517. The van der Waals surface area contributed by atoms with E-state index in [9.17, 15) is 15.2 Å². The summed E-state index contributed by atoms with van der Waals surface area (Å²) >= 11 is 6.95. The van der Waals surface area contributed by atoms with Gasteiger partial charge in [0, 0.05) is 49.3 Å². The van der Waals surface area contributed by atoms with E-state index in [4.69, 9.17) is 21.4 Å². The molecule has 39 heavy (non-hydrogen) atoms. The number of aromatic nitrogens is 3. The van der Waals surface area contributed by atoms with Crippen LogP contribution in [0.3, 0.4) is 0 Å². The van der Waals surface area contributed by atoms with Gasteiger partial charge in [0.1, 0.15) is 0 Å². The number of hydrogen-bond donors (Lipinski definition) is 1. The minimum atomic E-state index is -1.04. The lowest BCUT2D eigenvalue weighted by molar-refractivity contribution is -0.0366. The average molecular weight is 549 g/mol. The van der Waals surface area contributed by atoms with Gasteiger partial charge in [-0.15, -0.1) is 0 Å². The van der Waals surface area contributed by atoms with E-state index in [-0.39, 0.29) is 11.9 Å². The number of ether oxygens (including phenoxy) is 1. The first-order valence-corrected chi connectivity index (χ1v) is 14.2. The van der Waals surface area contributed by atoms with Crippen molar-refractivity contribution in [2.24, 2.45) is 5.92 Å². The Bertz CT molecular complexity index is 1460. The molecule has 2 saturated heterocycles. The predicted octanol–water partition coefficient (Wildman–Crippen LogP) is 5.48. The molecule has 3 aliphatic rings. The van der Waals surface area contributed by atoms with Crippen LogP contribution >= 0.6 is 11.6 Å². The summed E-state index contributed by atoms with van der Waals surface area (Å²) in [4.78, 5) is 21.2. The predicted molar refractivity (Wildman–Crippen MR) is 149 cm³/mol. The van der Waals surface area contributed by atoms with E-state index in [1.54, 1.807) is 6.07 Å². The van der Waals surface area contributed by atoms with Gasteiger partial charge in [-0.3, -0.25) is 0 Å². The standard InChI is InChI=1S/C29H33ClN6O3/c1-18-13-25-21(15-32-36(25)26-6-2-3-12-39-26)28(27(18)30)35-11-8-20-23(17-35)33-22(29(37)38)14-24(20)34-10-4-5-19(16-34)7-9-31/h13-15,19,26H,2-8,10-12,16-17H2,1H3,(H,37,38)/t19-,26?/m0/s1. The highest BCUT2D eigenvalue weighted by atomic mass is 35.5. The van der Waals surface area contributed by atoms with Gasteiger partial charge < -0.3 is 19.6 Å².